The van der Waals surface area contributed by atoms with Gasteiger partial charge in [0.2, 0.25) is 0 Å². The SMILES string of the molecule is CCOc1ccc(C(C)=O)cc1CN1CC2CCC1C2. The van der Waals surface area contributed by atoms with Gasteiger partial charge in [0.25, 0.3) is 0 Å². The largest absolute Gasteiger partial charge is 0.494 e. The van der Waals surface area contributed by atoms with E-state index in [9.17, 15) is 4.79 Å². The summed E-state index contributed by atoms with van der Waals surface area (Å²) in [5.41, 5.74) is 1.94. The van der Waals surface area contributed by atoms with Crippen molar-refractivity contribution >= 4 is 5.78 Å². The van der Waals surface area contributed by atoms with Crippen LogP contribution in [0.15, 0.2) is 18.2 Å². The molecular weight excluding hydrogens is 250 g/mol. The van der Waals surface area contributed by atoms with Crippen molar-refractivity contribution in [3.8, 4) is 5.75 Å². The molecule has 0 amide bonds. The molecule has 1 saturated carbocycles. The lowest BCUT2D eigenvalue weighted by atomic mass is 10.0. The number of piperidine rings is 1. The number of nitrogens with zero attached hydrogens (tertiary/aromatic N) is 1. The standard InChI is InChI=1S/C17H23NO2/c1-3-20-17-7-5-14(12(2)19)9-15(17)11-18-10-13-4-6-16(18)8-13/h5,7,9,13,16H,3-4,6,8,10-11H2,1-2H3. The number of carbonyl (C=O) groups is 1. The highest BCUT2D eigenvalue weighted by molar-refractivity contribution is 5.94. The van der Waals surface area contributed by atoms with Crippen LogP contribution in [0.25, 0.3) is 0 Å². The fraction of sp³-hybridized carbons (Fsp3) is 0.588. The third kappa shape index (κ3) is 2.59. The highest BCUT2D eigenvalue weighted by Crippen LogP contribution is 2.39. The van der Waals surface area contributed by atoms with Crippen LogP contribution in [0.5, 0.6) is 5.75 Å². The molecule has 0 aromatic heterocycles. The van der Waals surface area contributed by atoms with Crippen LogP contribution in [0.2, 0.25) is 0 Å². The first-order chi connectivity index (χ1) is 9.67. The van der Waals surface area contributed by atoms with Gasteiger partial charge in [-0.3, -0.25) is 9.69 Å². The number of ether oxygens (including phenoxy) is 1. The summed E-state index contributed by atoms with van der Waals surface area (Å²) < 4.78 is 5.72. The molecule has 2 fully saturated rings. The molecule has 1 aliphatic carbocycles. The fourth-order valence-corrected chi connectivity index (χ4v) is 3.66. The van der Waals surface area contributed by atoms with E-state index in [0.717, 1.165) is 35.4 Å². The van der Waals surface area contributed by atoms with Crippen molar-refractivity contribution in [2.24, 2.45) is 5.92 Å². The van der Waals surface area contributed by atoms with Crippen LogP contribution >= 0.6 is 0 Å². The van der Waals surface area contributed by atoms with E-state index >= 15 is 0 Å². The molecule has 1 aromatic carbocycles. The third-order valence-electron chi connectivity index (χ3n) is 4.66. The number of carbonyl (C=O) groups excluding carboxylic acids is 1. The van der Waals surface area contributed by atoms with Crippen molar-refractivity contribution in [3.05, 3.63) is 29.3 Å². The number of hydrogen-bond donors (Lipinski definition) is 0. The summed E-state index contributed by atoms with van der Waals surface area (Å²) >= 11 is 0. The van der Waals surface area contributed by atoms with Gasteiger partial charge in [0.1, 0.15) is 5.75 Å². The van der Waals surface area contributed by atoms with Crippen molar-refractivity contribution in [2.45, 2.75) is 45.7 Å². The minimum absolute atomic E-state index is 0.122. The van der Waals surface area contributed by atoms with E-state index in [0.29, 0.717) is 6.61 Å². The topological polar surface area (TPSA) is 29.5 Å². The van der Waals surface area contributed by atoms with E-state index in [1.807, 2.05) is 25.1 Å². The summed E-state index contributed by atoms with van der Waals surface area (Å²) in [6, 6.07) is 6.58. The number of hydrogen-bond acceptors (Lipinski definition) is 3. The van der Waals surface area contributed by atoms with Crippen molar-refractivity contribution in [2.75, 3.05) is 13.2 Å². The van der Waals surface area contributed by atoms with E-state index in [1.54, 1.807) is 6.92 Å². The highest BCUT2D eigenvalue weighted by atomic mass is 16.5. The lowest BCUT2D eigenvalue weighted by Crippen LogP contribution is -2.31. The van der Waals surface area contributed by atoms with Gasteiger partial charge in [-0.1, -0.05) is 0 Å². The summed E-state index contributed by atoms with van der Waals surface area (Å²) in [6.07, 6.45) is 4.09. The lowest BCUT2D eigenvalue weighted by Gasteiger charge is -2.27. The molecule has 20 heavy (non-hydrogen) atoms. The Balaban J connectivity index is 1.82. The monoisotopic (exact) mass is 273 g/mol. The molecule has 0 N–H and O–H groups in total. The normalized spacial score (nSPS) is 25.1. The summed E-state index contributed by atoms with van der Waals surface area (Å²) in [6.45, 7) is 6.41. The van der Waals surface area contributed by atoms with Crippen molar-refractivity contribution in [1.29, 1.82) is 0 Å². The molecule has 2 atom stereocenters. The van der Waals surface area contributed by atoms with Crippen molar-refractivity contribution in [3.63, 3.8) is 0 Å². The van der Waals surface area contributed by atoms with Crippen LogP contribution in [-0.2, 0) is 6.54 Å². The molecule has 3 nitrogen and oxygen atoms in total. The number of fused-ring (bicyclic) bond motifs is 2. The molecule has 3 heteroatoms. The highest BCUT2D eigenvalue weighted by Gasteiger charge is 2.37. The van der Waals surface area contributed by atoms with E-state index in [-0.39, 0.29) is 5.78 Å². The van der Waals surface area contributed by atoms with E-state index in [2.05, 4.69) is 4.90 Å². The quantitative estimate of drug-likeness (QED) is 0.771. The molecule has 1 aliphatic heterocycles. The van der Waals surface area contributed by atoms with Gasteiger partial charge < -0.3 is 4.74 Å². The second-order valence-corrected chi connectivity index (χ2v) is 6.07. The molecule has 108 valence electrons. The Hall–Kier alpha value is -1.35. The molecule has 1 heterocycles. The number of ketones is 1. The lowest BCUT2D eigenvalue weighted by molar-refractivity contribution is 0.101. The third-order valence-corrected chi connectivity index (χ3v) is 4.66. The number of rotatable bonds is 5. The Morgan fingerprint density at radius 2 is 2.25 bits per heavy atom. The van der Waals surface area contributed by atoms with Gasteiger partial charge in [-0.2, -0.15) is 0 Å². The second-order valence-electron chi connectivity index (χ2n) is 6.07. The Labute approximate surface area is 120 Å². The Kier molecular flexibility index (Phi) is 3.79. The first kappa shape index (κ1) is 13.6. The first-order valence-corrected chi connectivity index (χ1v) is 7.68. The molecule has 3 rings (SSSR count). The average Bonchev–Trinajstić information content (AvgIpc) is 3.03. The van der Waals surface area contributed by atoms with Gasteiger partial charge in [0.15, 0.2) is 5.78 Å². The Morgan fingerprint density at radius 1 is 1.40 bits per heavy atom. The zero-order chi connectivity index (χ0) is 14.1. The maximum atomic E-state index is 11.6. The van der Waals surface area contributed by atoms with Gasteiger partial charge >= 0.3 is 0 Å². The van der Waals surface area contributed by atoms with Gasteiger partial charge in [-0.15, -0.1) is 0 Å². The van der Waals surface area contributed by atoms with E-state index < -0.39 is 0 Å². The van der Waals surface area contributed by atoms with E-state index in [1.165, 1.54) is 25.8 Å². The van der Waals surface area contributed by atoms with Gasteiger partial charge in [0, 0.05) is 30.3 Å². The van der Waals surface area contributed by atoms with Crippen LogP contribution in [0.4, 0.5) is 0 Å². The Bertz CT molecular complexity index is 512. The van der Waals surface area contributed by atoms with Crippen LogP contribution in [0, 0.1) is 5.92 Å². The Morgan fingerprint density at radius 3 is 2.85 bits per heavy atom. The maximum Gasteiger partial charge on any atom is 0.159 e. The van der Waals surface area contributed by atoms with Gasteiger partial charge in [-0.25, -0.2) is 0 Å². The predicted molar refractivity (Wildman–Crippen MR) is 79.2 cm³/mol. The molecule has 0 radical (unpaired) electrons. The minimum Gasteiger partial charge on any atom is -0.494 e. The number of benzene rings is 1. The number of Topliss-reactive ketones (excluding diaryl/α,β-unsaturated/α-hetero) is 1. The first-order valence-electron chi connectivity index (χ1n) is 7.68. The maximum absolute atomic E-state index is 11.6. The van der Waals surface area contributed by atoms with Crippen molar-refractivity contribution in [1.82, 2.24) is 4.90 Å². The zero-order valence-corrected chi connectivity index (χ0v) is 12.4. The molecule has 1 aromatic rings. The molecule has 0 spiro atoms. The average molecular weight is 273 g/mol. The second kappa shape index (κ2) is 5.57. The zero-order valence-electron chi connectivity index (χ0n) is 12.4. The molecular formula is C17H23NO2. The summed E-state index contributed by atoms with van der Waals surface area (Å²) in [5.74, 6) is 1.95. The number of likely N-dealkylation sites (tertiary alicyclic amines) is 1. The smallest absolute Gasteiger partial charge is 0.159 e. The van der Waals surface area contributed by atoms with E-state index in [4.69, 9.17) is 4.74 Å². The fourth-order valence-electron chi connectivity index (χ4n) is 3.66. The summed E-state index contributed by atoms with van der Waals surface area (Å²) in [4.78, 5) is 14.1. The van der Waals surface area contributed by atoms with Crippen LogP contribution < -0.4 is 4.74 Å². The minimum atomic E-state index is 0.122. The molecule has 1 saturated heterocycles. The summed E-state index contributed by atoms with van der Waals surface area (Å²) in [5, 5.41) is 0. The molecule has 2 unspecified atom stereocenters. The molecule has 2 bridgehead atoms. The van der Waals surface area contributed by atoms with Crippen LogP contribution in [0.3, 0.4) is 0 Å². The summed E-state index contributed by atoms with van der Waals surface area (Å²) in [7, 11) is 0. The molecule has 2 aliphatic rings. The van der Waals surface area contributed by atoms with Crippen LogP contribution in [-0.4, -0.2) is 29.9 Å². The van der Waals surface area contributed by atoms with Crippen molar-refractivity contribution < 1.29 is 9.53 Å². The van der Waals surface area contributed by atoms with Crippen LogP contribution in [0.1, 0.15) is 49.0 Å². The van der Waals surface area contributed by atoms with Gasteiger partial charge in [-0.05, 0) is 57.2 Å². The van der Waals surface area contributed by atoms with Gasteiger partial charge in [0.05, 0.1) is 6.61 Å². The predicted octanol–water partition coefficient (Wildman–Crippen LogP) is 3.27.